The summed E-state index contributed by atoms with van der Waals surface area (Å²) in [5, 5.41) is 2.96. The van der Waals surface area contributed by atoms with Crippen LogP contribution in [0.5, 0.6) is 5.75 Å². The van der Waals surface area contributed by atoms with Gasteiger partial charge in [0.15, 0.2) is 12.0 Å². The lowest BCUT2D eigenvalue weighted by Crippen LogP contribution is -2.32. The number of aryl methyl sites for hydroxylation is 2. The number of benzene rings is 2. The molecule has 7 nitrogen and oxygen atoms in total. The van der Waals surface area contributed by atoms with Crippen molar-refractivity contribution in [2.45, 2.75) is 13.8 Å². The first-order chi connectivity index (χ1) is 13.9. The molecule has 0 aliphatic rings. The van der Waals surface area contributed by atoms with Crippen LogP contribution in [0.2, 0.25) is 0 Å². The standard InChI is InChI=1S/C22H21NO6/c1-14-7-8-18(15(2)11-14)27-10-9-23-21(25)13-28-22(26)20-12-17(24)16-5-3-4-6-19(16)29-20/h3-8,11-12H,9-10,13H2,1-2H3,(H,23,25). The molecule has 0 aliphatic carbocycles. The first-order valence-electron chi connectivity index (χ1n) is 9.11. The number of amides is 1. The highest BCUT2D eigenvalue weighted by Crippen LogP contribution is 2.18. The molecule has 0 radical (unpaired) electrons. The number of hydrogen-bond acceptors (Lipinski definition) is 6. The fourth-order valence-corrected chi connectivity index (χ4v) is 2.77. The van der Waals surface area contributed by atoms with Gasteiger partial charge in [0, 0.05) is 6.07 Å². The van der Waals surface area contributed by atoms with Crippen molar-refractivity contribution >= 4 is 22.8 Å². The predicted molar refractivity (Wildman–Crippen MR) is 107 cm³/mol. The maximum Gasteiger partial charge on any atom is 0.374 e. The summed E-state index contributed by atoms with van der Waals surface area (Å²) < 4.78 is 15.9. The SMILES string of the molecule is Cc1ccc(OCCNC(=O)COC(=O)c2cc(=O)c3ccccc3o2)c(C)c1. The second-order valence-electron chi connectivity index (χ2n) is 6.51. The average molecular weight is 395 g/mol. The van der Waals surface area contributed by atoms with E-state index in [1.54, 1.807) is 24.3 Å². The normalized spacial score (nSPS) is 10.6. The monoisotopic (exact) mass is 395 g/mol. The van der Waals surface area contributed by atoms with Gasteiger partial charge < -0.3 is 19.2 Å². The van der Waals surface area contributed by atoms with Gasteiger partial charge in [0.2, 0.25) is 5.76 Å². The van der Waals surface area contributed by atoms with E-state index in [1.807, 2.05) is 32.0 Å². The van der Waals surface area contributed by atoms with Gasteiger partial charge in [-0.25, -0.2) is 4.79 Å². The molecular formula is C22H21NO6. The van der Waals surface area contributed by atoms with Crippen LogP contribution in [0.1, 0.15) is 21.7 Å². The topological polar surface area (TPSA) is 94.8 Å². The number of hydrogen-bond donors (Lipinski definition) is 1. The molecule has 1 aromatic heterocycles. The summed E-state index contributed by atoms with van der Waals surface area (Å²) in [4.78, 5) is 35.9. The van der Waals surface area contributed by atoms with Gasteiger partial charge in [0.1, 0.15) is 17.9 Å². The van der Waals surface area contributed by atoms with E-state index in [0.717, 1.165) is 22.9 Å². The first-order valence-corrected chi connectivity index (χ1v) is 9.11. The Labute approximate surface area is 167 Å². The zero-order valence-electron chi connectivity index (χ0n) is 16.2. The van der Waals surface area contributed by atoms with Crippen LogP contribution >= 0.6 is 0 Å². The van der Waals surface area contributed by atoms with Crippen molar-refractivity contribution in [3.8, 4) is 5.75 Å². The summed E-state index contributed by atoms with van der Waals surface area (Å²) in [6.45, 7) is 4.00. The Morgan fingerprint density at radius 3 is 2.66 bits per heavy atom. The Hall–Kier alpha value is -3.61. The lowest BCUT2D eigenvalue weighted by atomic mass is 10.1. The van der Waals surface area contributed by atoms with Crippen molar-refractivity contribution < 1.29 is 23.5 Å². The smallest absolute Gasteiger partial charge is 0.374 e. The minimum absolute atomic E-state index is 0.250. The van der Waals surface area contributed by atoms with E-state index in [1.165, 1.54) is 0 Å². The highest BCUT2D eigenvalue weighted by atomic mass is 16.5. The molecule has 29 heavy (non-hydrogen) atoms. The van der Waals surface area contributed by atoms with E-state index in [4.69, 9.17) is 13.9 Å². The number of carbonyl (C=O) groups is 2. The van der Waals surface area contributed by atoms with Crippen molar-refractivity contribution in [2.75, 3.05) is 19.8 Å². The fourth-order valence-electron chi connectivity index (χ4n) is 2.77. The van der Waals surface area contributed by atoms with Crippen LogP contribution in [0.15, 0.2) is 57.7 Å². The fraction of sp³-hybridized carbons (Fsp3) is 0.227. The third-order valence-electron chi connectivity index (χ3n) is 4.18. The van der Waals surface area contributed by atoms with Crippen LogP contribution in [0.25, 0.3) is 11.0 Å². The largest absolute Gasteiger partial charge is 0.491 e. The molecule has 2 aromatic carbocycles. The number of nitrogens with one attached hydrogen (secondary N) is 1. The van der Waals surface area contributed by atoms with Crippen molar-refractivity contribution in [3.63, 3.8) is 0 Å². The van der Waals surface area contributed by atoms with Gasteiger partial charge in [-0.15, -0.1) is 0 Å². The van der Waals surface area contributed by atoms with Crippen LogP contribution in [-0.4, -0.2) is 31.6 Å². The van der Waals surface area contributed by atoms with Crippen LogP contribution in [0.4, 0.5) is 0 Å². The van der Waals surface area contributed by atoms with Gasteiger partial charge in [-0.2, -0.15) is 0 Å². The van der Waals surface area contributed by atoms with Gasteiger partial charge in [0.25, 0.3) is 5.91 Å². The summed E-state index contributed by atoms with van der Waals surface area (Å²) in [7, 11) is 0. The lowest BCUT2D eigenvalue weighted by molar-refractivity contribution is -0.124. The number of esters is 1. The number of carbonyl (C=O) groups excluding carboxylic acids is 2. The van der Waals surface area contributed by atoms with Gasteiger partial charge in [-0.3, -0.25) is 9.59 Å². The predicted octanol–water partition coefficient (Wildman–Crippen LogP) is 2.76. The minimum atomic E-state index is -0.880. The molecule has 3 aromatic rings. The molecule has 0 spiro atoms. The third-order valence-corrected chi connectivity index (χ3v) is 4.18. The van der Waals surface area contributed by atoms with E-state index in [0.29, 0.717) is 5.39 Å². The Morgan fingerprint density at radius 2 is 1.86 bits per heavy atom. The summed E-state index contributed by atoms with van der Waals surface area (Å²) in [6.07, 6.45) is 0. The molecule has 0 fully saturated rings. The van der Waals surface area contributed by atoms with E-state index >= 15 is 0 Å². The second kappa shape index (κ2) is 9.05. The average Bonchev–Trinajstić information content (AvgIpc) is 2.70. The zero-order chi connectivity index (χ0) is 20.8. The third kappa shape index (κ3) is 5.22. The van der Waals surface area contributed by atoms with E-state index < -0.39 is 18.5 Å². The Bertz CT molecular complexity index is 1100. The molecule has 0 atom stereocenters. The molecular weight excluding hydrogens is 374 g/mol. The molecule has 1 amide bonds. The molecule has 0 bridgehead atoms. The first kappa shape index (κ1) is 20.1. The van der Waals surface area contributed by atoms with Gasteiger partial charge >= 0.3 is 5.97 Å². The van der Waals surface area contributed by atoms with E-state index in [-0.39, 0.29) is 29.9 Å². The van der Waals surface area contributed by atoms with E-state index in [9.17, 15) is 14.4 Å². The highest BCUT2D eigenvalue weighted by Gasteiger charge is 2.15. The van der Waals surface area contributed by atoms with Crippen LogP contribution in [0.3, 0.4) is 0 Å². The number of ether oxygens (including phenoxy) is 2. The lowest BCUT2D eigenvalue weighted by Gasteiger charge is -2.10. The molecule has 150 valence electrons. The van der Waals surface area contributed by atoms with Gasteiger partial charge in [-0.05, 0) is 37.6 Å². The maximum absolute atomic E-state index is 12.1. The molecule has 0 saturated heterocycles. The van der Waals surface area contributed by atoms with Gasteiger partial charge in [-0.1, -0.05) is 29.8 Å². The van der Waals surface area contributed by atoms with Crippen LogP contribution in [0, 0.1) is 13.8 Å². The van der Waals surface area contributed by atoms with E-state index in [2.05, 4.69) is 5.32 Å². The highest BCUT2D eigenvalue weighted by molar-refractivity contribution is 5.90. The Morgan fingerprint density at radius 1 is 1.07 bits per heavy atom. The number of para-hydroxylation sites is 1. The zero-order valence-corrected chi connectivity index (χ0v) is 16.2. The number of rotatable bonds is 7. The molecule has 0 unspecified atom stereocenters. The maximum atomic E-state index is 12.1. The quantitative estimate of drug-likeness (QED) is 0.488. The molecule has 1 heterocycles. The summed E-state index contributed by atoms with van der Waals surface area (Å²) >= 11 is 0. The molecule has 3 rings (SSSR count). The van der Waals surface area contributed by atoms with Crippen molar-refractivity contribution in [3.05, 3.63) is 75.6 Å². The minimum Gasteiger partial charge on any atom is -0.491 e. The molecule has 0 saturated carbocycles. The van der Waals surface area contributed by atoms with Gasteiger partial charge in [0.05, 0.1) is 11.9 Å². The number of fused-ring (bicyclic) bond motifs is 1. The van der Waals surface area contributed by atoms with Crippen LogP contribution in [-0.2, 0) is 9.53 Å². The summed E-state index contributed by atoms with van der Waals surface area (Å²) in [5.74, 6) is -0.859. The summed E-state index contributed by atoms with van der Waals surface area (Å²) in [6, 6.07) is 13.5. The van der Waals surface area contributed by atoms with Crippen molar-refractivity contribution in [1.29, 1.82) is 0 Å². The molecule has 1 N–H and O–H groups in total. The second-order valence-corrected chi connectivity index (χ2v) is 6.51. The van der Waals surface area contributed by atoms with Crippen LogP contribution < -0.4 is 15.5 Å². The molecule has 7 heteroatoms. The molecule has 0 aliphatic heterocycles. The summed E-state index contributed by atoms with van der Waals surface area (Å²) in [5.41, 5.74) is 2.08. The Kier molecular flexibility index (Phi) is 6.29. The Balaban J connectivity index is 1.45. The van der Waals surface area contributed by atoms with Crippen molar-refractivity contribution in [2.24, 2.45) is 0 Å². The van der Waals surface area contributed by atoms with Crippen molar-refractivity contribution in [1.82, 2.24) is 5.32 Å².